The molecule has 58 heavy (non-hydrogen) atoms. The Kier molecular flexibility index (Phi) is 7.26. The third kappa shape index (κ3) is 4.85. The van der Waals surface area contributed by atoms with E-state index in [-0.39, 0.29) is 0 Å². The molecule has 270 valence electrons. The summed E-state index contributed by atoms with van der Waals surface area (Å²) >= 11 is 0. The topological polar surface area (TPSA) is 26.3 Å². The molecule has 0 atom stereocenters. The number of fused-ring (bicyclic) bond motifs is 8. The highest BCUT2D eigenvalue weighted by Gasteiger charge is 2.26. The average molecular weight is 739 g/mol. The van der Waals surface area contributed by atoms with Gasteiger partial charge in [-0.2, -0.15) is 0 Å². The van der Waals surface area contributed by atoms with Crippen LogP contribution in [0.1, 0.15) is 0 Å². The smallest absolute Gasteiger partial charge is 0.143 e. The van der Waals surface area contributed by atoms with Crippen LogP contribution in [0.4, 0.5) is 0 Å². The van der Waals surface area contributed by atoms with Crippen molar-refractivity contribution < 1.29 is 8.83 Å². The maximum absolute atomic E-state index is 6.77. The highest BCUT2D eigenvalue weighted by Crippen LogP contribution is 2.52. The van der Waals surface area contributed by atoms with Gasteiger partial charge in [-0.05, 0) is 78.2 Å². The van der Waals surface area contributed by atoms with Gasteiger partial charge in [-0.25, -0.2) is 0 Å². The second-order valence-electron chi connectivity index (χ2n) is 15.0. The van der Waals surface area contributed by atoms with Crippen molar-refractivity contribution in [1.82, 2.24) is 0 Å². The van der Waals surface area contributed by atoms with Crippen LogP contribution >= 0.6 is 0 Å². The monoisotopic (exact) mass is 738 g/mol. The minimum atomic E-state index is 0.881. The molecule has 0 fully saturated rings. The molecule has 0 radical (unpaired) electrons. The molecule has 0 unspecified atom stereocenters. The van der Waals surface area contributed by atoms with Crippen LogP contribution < -0.4 is 0 Å². The molecule has 0 N–H and O–H groups in total. The zero-order valence-electron chi connectivity index (χ0n) is 31.4. The van der Waals surface area contributed by atoms with Crippen LogP contribution in [0.5, 0.6) is 0 Å². The van der Waals surface area contributed by atoms with Crippen molar-refractivity contribution in [3.8, 4) is 55.6 Å². The van der Waals surface area contributed by atoms with E-state index in [4.69, 9.17) is 8.83 Å². The van der Waals surface area contributed by atoms with Gasteiger partial charge < -0.3 is 8.83 Å². The molecule has 0 saturated heterocycles. The molecule has 12 aromatic rings. The van der Waals surface area contributed by atoms with Crippen LogP contribution in [0.15, 0.2) is 215 Å². The normalized spacial score (nSPS) is 11.8. The third-order valence-electron chi connectivity index (χ3n) is 11.9. The zero-order valence-corrected chi connectivity index (χ0v) is 31.4. The molecular formula is C56H34O2. The van der Waals surface area contributed by atoms with Crippen LogP contribution in [-0.2, 0) is 0 Å². The second-order valence-corrected chi connectivity index (χ2v) is 15.0. The summed E-state index contributed by atoms with van der Waals surface area (Å²) in [4.78, 5) is 0. The summed E-state index contributed by atoms with van der Waals surface area (Å²) in [6.07, 6.45) is 0. The lowest BCUT2D eigenvalue weighted by molar-refractivity contribution is 0.670. The Morgan fingerprint density at radius 2 is 0.569 bits per heavy atom. The van der Waals surface area contributed by atoms with E-state index in [2.05, 4.69) is 194 Å². The van der Waals surface area contributed by atoms with Gasteiger partial charge in [-0.1, -0.05) is 194 Å². The first-order valence-corrected chi connectivity index (χ1v) is 19.8. The van der Waals surface area contributed by atoms with Crippen molar-refractivity contribution in [2.24, 2.45) is 0 Å². The number of hydrogen-bond donors (Lipinski definition) is 0. The maximum Gasteiger partial charge on any atom is 0.143 e. The molecule has 2 heteroatoms. The first kappa shape index (κ1) is 32.6. The number of para-hydroxylation sites is 4. The summed E-state index contributed by atoms with van der Waals surface area (Å²) < 4.78 is 13.5. The molecule has 0 bridgehead atoms. The fourth-order valence-corrected chi connectivity index (χ4v) is 9.45. The third-order valence-corrected chi connectivity index (χ3v) is 11.9. The molecule has 0 aliphatic heterocycles. The number of benzene rings is 10. The molecule has 0 aliphatic rings. The fourth-order valence-electron chi connectivity index (χ4n) is 9.45. The maximum atomic E-state index is 6.77. The SMILES string of the molecule is c1ccc(-c2ccccc2-c2c3ccccc3c(-c3c(-c4cccc5c4oc4ccccc45)cccc3-c3cccc4c3oc3ccccc34)c3ccccc23)cc1. The molecule has 2 aromatic heterocycles. The van der Waals surface area contributed by atoms with E-state index in [1.165, 1.54) is 49.4 Å². The highest BCUT2D eigenvalue weighted by atomic mass is 16.3. The van der Waals surface area contributed by atoms with E-state index in [1.54, 1.807) is 0 Å². The predicted octanol–water partition coefficient (Wildman–Crippen LogP) is 16.1. The van der Waals surface area contributed by atoms with Gasteiger partial charge in [0.2, 0.25) is 0 Å². The molecule has 0 saturated carbocycles. The fraction of sp³-hybridized carbons (Fsp3) is 0. The van der Waals surface area contributed by atoms with Crippen LogP contribution in [0, 0.1) is 0 Å². The Morgan fingerprint density at radius 3 is 1.10 bits per heavy atom. The van der Waals surface area contributed by atoms with Crippen LogP contribution in [0.25, 0.3) is 121 Å². The molecular weight excluding hydrogens is 705 g/mol. The zero-order chi connectivity index (χ0) is 38.2. The molecule has 0 amide bonds. The van der Waals surface area contributed by atoms with E-state index in [1.807, 2.05) is 12.1 Å². The summed E-state index contributed by atoms with van der Waals surface area (Å²) in [7, 11) is 0. The van der Waals surface area contributed by atoms with Gasteiger partial charge in [0.15, 0.2) is 0 Å². The highest BCUT2D eigenvalue weighted by molar-refractivity contribution is 6.26. The minimum absolute atomic E-state index is 0.881. The average Bonchev–Trinajstić information content (AvgIpc) is 3.87. The standard InChI is InChI=1S/C56H34O2/c1-2-17-35(18-3-1)36-19-4-5-22-39(36)52-40-23-6-8-25-42(40)53(43-26-9-7-24-41(43)52)54-44(48-31-15-29-46-37-20-10-12-33-50(37)57-55(46)48)27-14-28-45(54)49-32-16-30-47-38-21-11-13-34-51(38)58-56(47)49/h1-34H. The summed E-state index contributed by atoms with van der Waals surface area (Å²) in [5.74, 6) is 0. The van der Waals surface area contributed by atoms with Gasteiger partial charge in [0.25, 0.3) is 0 Å². The lowest BCUT2D eigenvalue weighted by Gasteiger charge is -2.23. The summed E-state index contributed by atoms with van der Waals surface area (Å²) in [6, 6.07) is 73.9. The van der Waals surface area contributed by atoms with Gasteiger partial charge in [-0.3, -0.25) is 0 Å². The van der Waals surface area contributed by atoms with Crippen molar-refractivity contribution >= 4 is 65.4 Å². The number of rotatable bonds is 5. The second kappa shape index (κ2) is 12.9. The van der Waals surface area contributed by atoms with Crippen molar-refractivity contribution in [3.05, 3.63) is 206 Å². The van der Waals surface area contributed by atoms with Crippen LogP contribution in [-0.4, -0.2) is 0 Å². The van der Waals surface area contributed by atoms with Gasteiger partial charge >= 0.3 is 0 Å². The van der Waals surface area contributed by atoms with Gasteiger partial charge in [0, 0.05) is 32.7 Å². The Balaban J connectivity index is 1.25. The molecule has 0 spiro atoms. The van der Waals surface area contributed by atoms with Gasteiger partial charge in [0.1, 0.15) is 22.3 Å². The van der Waals surface area contributed by atoms with E-state index in [9.17, 15) is 0 Å². The first-order chi connectivity index (χ1) is 28.8. The van der Waals surface area contributed by atoms with E-state index in [0.717, 1.165) is 71.7 Å². The van der Waals surface area contributed by atoms with Gasteiger partial charge in [0.05, 0.1) is 0 Å². The van der Waals surface area contributed by atoms with E-state index >= 15 is 0 Å². The number of furan rings is 2. The van der Waals surface area contributed by atoms with Crippen molar-refractivity contribution in [2.75, 3.05) is 0 Å². The Bertz CT molecular complexity index is 3380. The predicted molar refractivity (Wildman–Crippen MR) is 243 cm³/mol. The lowest BCUT2D eigenvalue weighted by Crippen LogP contribution is -1.96. The first-order valence-electron chi connectivity index (χ1n) is 19.8. The molecule has 12 rings (SSSR count). The Labute approximate surface area is 334 Å². The largest absolute Gasteiger partial charge is 0.455 e. The Hall–Kier alpha value is -7.68. The number of hydrogen-bond acceptors (Lipinski definition) is 2. The van der Waals surface area contributed by atoms with Crippen LogP contribution in [0.3, 0.4) is 0 Å². The van der Waals surface area contributed by atoms with Crippen LogP contribution in [0.2, 0.25) is 0 Å². The summed E-state index contributed by atoms with van der Waals surface area (Å²) in [5.41, 5.74) is 15.0. The molecule has 2 heterocycles. The Morgan fingerprint density at radius 1 is 0.207 bits per heavy atom. The summed E-state index contributed by atoms with van der Waals surface area (Å²) in [6.45, 7) is 0. The summed E-state index contributed by atoms with van der Waals surface area (Å²) in [5, 5.41) is 9.19. The molecule has 0 aliphatic carbocycles. The van der Waals surface area contributed by atoms with Crippen molar-refractivity contribution in [3.63, 3.8) is 0 Å². The lowest BCUT2D eigenvalue weighted by atomic mass is 9.80. The van der Waals surface area contributed by atoms with Gasteiger partial charge in [-0.15, -0.1) is 0 Å². The molecule has 10 aromatic carbocycles. The van der Waals surface area contributed by atoms with E-state index < -0.39 is 0 Å². The van der Waals surface area contributed by atoms with Crippen molar-refractivity contribution in [2.45, 2.75) is 0 Å². The molecule has 2 nitrogen and oxygen atoms in total. The van der Waals surface area contributed by atoms with E-state index in [0.29, 0.717) is 0 Å². The minimum Gasteiger partial charge on any atom is -0.455 e. The quantitative estimate of drug-likeness (QED) is 0.164. The van der Waals surface area contributed by atoms with Crippen molar-refractivity contribution in [1.29, 1.82) is 0 Å².